The second-order valence-electron chi connectivity index (χ2n) is 4.44. The third kappa shape index (κ3) is 3.22. The van der Waals surface area contributed by atoms with Crippen molar-refractivity contribution >= 4 is 14.3 Å². The topological polar surface area (TPSA) is 23.5 Å². The van der Waals surface area contributed by atoms with Crippen molar-refractivity contribution in [2.24, 2.45) is 0 Å². The summed E-state index contributed by atoms with van der Waals surface area (Å²) in [7, 11) is 2.75. The zero-order valence-electron chi connectivity index (χ0n) is 9.86. The first-order valence-electron chi connectivity index (χ1n) is 5.08. The van der Waals surface area contributed by atoms with Gasteiger partial charge in [0.05, 0.1) is 0 Å². The SMILES string of the molecule is CN(C)[Si](C)(C)/C=C/c1ccccc1O. The van der Waals surface area contributed by atoms with Gasteiger partial charge < -0.3 is 9.67 Å². The van der Waals surface area contributed by atoms with Crippen molar-refractivity contribution in [3.63, 3.8) is 0 Å². The number of rotatable bonds is 3. The monoisotopic (exact) mass is 221 g/mol. The largest absolute Gasteiger partial charge is 0.507 e. The van der Waals surface area contributed by atoms with E-state index in [0.717, 1.165) is 5.56 Å². The summed E-state index contributed by atoms with van der Waals surface area (Å²) in [5.74, 6) is 0.345. The smallest absolute Gasteiger partial charge is 0.146 e. The molecule has 0 bridgehead atoms. The molecule has 0 aromatic heterocycles. The first kappa shape index (κ1) is 12.0. The van der Waals surface area contributed by atoms with Crippen molar-refractivity contribution in [1.29, 1.82) is 0 Å². The lowest BCUT2D eigenvalue weighted by molar-refractivity contribution is 0.474. The van der Waals surface area contributed by atoms with Gasteiger partial charge in [0, 0.05) is 5.56 Å². The van der Waals surface area contributed by atoms with Crippen molar-refractivity contribution in [3.05, 3.63) is 35.5 Å². The normalized spacial score (nSPS) is 12.6. The van der Waals surface area contributed by atoms with Crippen LogP contribution >= 0.6 is 0 Å². The number of nitrogens with zero attached hydrogens (tertiary/aromatic N) is 1. The van der Waals surface area contributed by atoms with Crippen molar-refractivity contribution in [2.75, 3.05) is 14.1 Å². The molecule has 0 radical (unpaired) electrons. The lowest BCUT2D eigenvalue weighted by atomic mass is 10.2. The van der Waals surface area contributed by atoms with Crippen LogP contribution in [0.2, 0.25) is 13.1 Å². The standard InChI is InChI=1S/C12H19NOSi/c1-13(2)15(3,4)10-9-11-7-5-6-8-12(11)14/h5-10,14H,1-4H3/b10-9+. The summed E-state index contributed by atoms with van der Waals surface area (Å²) in [6.07, 6.45) is 2.02. The molecule has 1 N–H and O–H groups in total. The summed E-state index contributed by atoms with van der Waals surface area (Å²) in [5.41, 5.74) is 3.11. The van der Waals surface area contributed by atoms with Gasteiger partial charge in [-0.2, -0.15) is 0 Å². The lowest BCUT2D eigenvalue weighted by Gasteiger charge is -2.26. The number of para-hydroxylation sites is 1. The molecule has 0 amide bonds. The predicted molar refractivity (Wildman–Crippen MR) is 68.3 cm³/mol. The Kier molecular flexibility index (Phi) is 3.71. The van der Waals surface area contributed by atoms with Crippen LogP contribution in [-0.2, 0) is 0 Å². The minimum atomic E-state index is -1.44. The first-order valence-corrected chi connectivity index (χ1v) is 8.10. The minimum absolute atomic E-state index is 0.345. The Morgan fingerprint density at radius 1 is 1.20 bits per heavy atom. The number of hydrogen-bond donors (Lipinski definition) is 1. The molecule has 0 spiro atoms. The second kappa shape index (κ2) is 4.64. The molecule has 0 saturated heterocycles. The number of benzene rings is 1. The fourth-order valence-electron chi connectivity index (χ4n) is 1.07. The van der Waals surface area contributed by atoms with E-state index in [0.29, 0.717) is 5.75 Å². The van der Waals surface area contributed by atoms with E-state index in [1.807, 2.05) is 24.3 Å². The average Bonchev–Trinajstić information content (AvgIpc) is 2.16. The minimum Gasteiger partial charge on any atom is -0.507 e. The van der Waals surface area contributed by atoms with Crippen LogP contribution in [0.25, 0.3) is 6.08 Å². The van der Waals surface area contributed by atoms with Crippen LogP contribution in [0.3, 0.4) is 0 Å². The maximum Gasteiger partial charge on any atom is 0.146 e. The summed E-state index contributed by atoms with van der Waals surface area (Å²) in [6, 6.07) is 7.40. The highest BCUT2D eigenvalue weighted by atomic mass is 28.3. The molecule has 15 heavy (non-hydrogen) atoms. The lowest BCUT2D eigenvalue weighted by Crippen LogP contribution is -2.41. The Bertz CT molecular complexity index is 358. The van der Waals surface area contributed by atoms with Crippen molar-refractivity contribution in [1.82, 2.24) is 4.57 Å². The molecule has 0 atom stereocenters. The van der Waals surface area contributed by atoms with E-state index >= 15 is 0 Å². The predicted octanol–water partition coefficient (Wildman–Crippen LogP) is 2.71. The molecule has 0 aliphatic heterocycles. The van der Waals surface area contributed by atoms with Crippen LogP contribution in [0.4, 0.5) is 0 Å². The average molecular weight is 221 g/mol. The zero-order chi connectivity index (χ0) is 11.5. The van der Waals surface area contributed by atoms with Gasteiger partial charge in [-0.3, -0.25) is 0 Å². The maximum absolute atomic E-state index is 9.60. The van der Waals surface area contributed by atoms with Crippen molar-refractivity contribution in [2.45, 2.75) is 13.1 Å². The second-order valence-corrected chi connectivity index (χ2v) is 8.98. The third-order valence-corrected chi connectivity index (χ3v) is 6.05. The van der Waals surface area contributed by atoms with E-state index in [-0.39, 0.29) is 0 Å². The molecule has 2 nitrogen and oxygen atoms in total. The van der Waals surface area contributed by atoms with E-state index in [4.69, 9.17) is 0 Å². The van der Waals surface area contributed by atoms with E-state index in [1.165, 1.54) is 0 Å². The van der Waals surface area contributed by atoms with Gasteiger partial charge in [0.15, 0.2) is 0 Å². The Hall–Kier alpha value is -1.06. The molecule has 1 aromatic carbocycles. The van der Waals surface area contributed by atoms with Gasteiger partial charge in [-0.15, -0.1) is 0 Å². The highest BCUT2D eigenvalue weighted by molar-refractivity contribution is 6.80. The first-order chi connectivity index (χ1) is 6.93. The number of phenols is 1. The molecule has 82 valence electrons. The van der Waals surface area contributed by atoms with Gasteiger partial charge in [-0.25, -0.2) is 0 Å². The molecular formula is C12H19NOSi. The summed E-state index contributed by atoms with van der Waals surface area (Å²) in [4.78, 5) is 0. The molecule has 0 unspecified atom stereocenters. The van der Waals surface area contributed by atoms with Crippen LogP contribution < -0.4 is 0 Å². The molecule has 1 aromatic rings. The molecule has 0 heterocycles. The van der Waals surface area contributed by atoms with Crippen molar-refractivity contribution in [3.8, 4) is 5.75 Å². The summed E-state index contributed by atoms with van der Waals surface area (Å²) >= 11 is 0. The quantitative estimate of drug-likeness (QED) is 0.793. The molecule has 1 rings (SSSR count). The molecule has 3 heteroatoms. The molecule has 0 aliphatic rings. The highest BCUT2D eigenvalue weighted by Crippen LogP contribution is 2.19. The Morgan fingerprint density at radius 3 is 2.33 bits per heavy atom. The number of aromatic hydroxyl groups is 1. The van der Waals surface area contributed by atoms with E-state index in [2.05, 4.69) is 37.5 Å². The molecule has 0 fully saturated rings. The van der Waals surface area contributed by atoms with Crippen LogP contribution in [-0.4, -0.2) is 32.0 Å². The Labute approximate surface area is 92.9 Å². The Balaban J connectivity index is 2.87. The molecule has 0 aliphatic carbocycles. The maximum atomic E-state index is 9.60. The molecular weight excluding hydrogens is 202 g/mol. The fraction of sp³-hybridized carbons (Fsp3) is 0.333. The van der Waals surface area contributed by atoms with Gasteiger partial charge in [0.25, 0.3) is 0 Å². The fourth-order valence-corrected chi connectivity index (χ4v) is 1.96. The number of phenolic OH excluding ortho intramolecular Hbond substituents is 1. The van der Waals surface area contributed by atoms with Crippen LogP contribution in [0.15, 0.2) is 30.0 Å². The summed E-state index contributed by atoms with van der Waals surface area (Å²) in [6.45, 7) is 4.53. The van der Waals surface area contributed by atoms with Gasteiger partial charge in [-0.1, -0.05) is 43.1 Å². The summed E-state index contributed by atoms with van der Waals surface area (Å²) in [5, 5.41) is 9.60. The highest BCUT2D eigenvalue weighted by Gasteiger charge is 2.19. The van der Waals surface area contributed by atoms with Gasteiger partial charge in [0.1, 0.15) is 14.0 Å². The number of hydrogen-bond acceptors (Lipinski definition) is 2. The van der Waals surface area contributed by atoms with Gasteiger partial charge >= 0.3 is 0 Å². The van der Waals surface area contributed by atoms with Gasteiger partial charge in [0.2, 0.25) is 0 Å². The van der Waals surface area contributed by atoms with Crippen LogP contribution in [0.1, 0.15) is 5.56 Å². The van der Waals surface area contributed by atoms with E-state index in [1.54, 1.807) is 6.07 Å². The third-order valence-electron chi connectivity index (χ3n) is 2.76. The van der Waals surface area contributed by atoms with E-state index < -0.39 is 8.24 Å². The zero-order valence-corrected chi connectivity index (χ0v) is 10.9. The summed E-state index contributed by atoms with van der Waals surface area (Å²) < 4.78 is 2.27. The van der Waals surface area contributed by atoms with Gasteiger partial charge in [-0.05, 0) is 20.2 Å². The van der Waals surface area contributed by atoms with Crippen LogP contribution in [0.5, 0.6) is 5.75 Å². The van der Waals surface area contributed by atoms with Crippen LogP contribution in [0, 0.1) is 0 Å². The van der Waals surface area contributed by atoms with E-state index in [9.17, 15) is 5.11 Å². The Morgan fingerprint density at radius 2 is 1.80 bits per heavy atom. The van der Waals surface area contributed by atoms with Crippen molar-refractivity contribution < 1.29 is 5.11 Å². The molecule has 0 saturated carbocycles.